The van der Waals surface area contributed by atoms with Gasteiger partial charge in [-0.2, -0.15) is 9.57 Å². The van der Waals surface area contributed by atoms with Crippen LogP contribution < -0.4 is 5.73 Å². The van der Waals surface area contributed by atoms with E-state index < -0.39 is 15.8 Å². The average molecular weight is 378 g/mol. The standard InChI is InChI=1S/C13H17BrFN3O2S/c1-9(2)8-18(5-3-4-16)21(19,20)13-6-10(14)11(15)7-12(13)17/h6-7,9H,3,5,8,17H2,1-2H3. The number of halogens is 2. The molecule has 0 aliphatic carbocycles. The number of sulfonamides is 1. The number of nitrogen functional groups attached to an aromatic ring is 1. The highest BCUT2D eigenvalue weighted by atomic mass is 79.9. The van der Waals surface area contributed by atoms with Crippen LogP contribution in [0.25, 0.3) is 0 Å². The summed E-state index contributed by atoms with van der Waals surface area (Å²) < 4.78 is 39.9. The van der Waals surface area contributed by atoms with Crippen molar-refractivity contribution in [3.05, 3.63) is 22.4 Å². The molecule has 2 N–H and O–H groups in total. The minimum Gasteiger partial charge on any atom is -0.398 e. The van der Waals surface area contributed by atoms with Gasteiger partial charge in [0.25, 0.3) is 0 Å². The van der Waals surface area contributed by atoms with Gasteiger partial charge in [0, 0.05) is 19.5 Å². The van der Waals surface area contributed by atoms with Crippen molar-refractivity contribution < 1.29 is 12.8 Å². The first-order valence-corrected chi connectivity index (χ1v) is 8.55. The van der Waals surface area contributed by atoms with Gasteiger partial charge in [0.2, 0.25) is 10.0 Å². The highest BCUT2D eigenvalue weighted by molar-refractivity contribution is 9.10. The zero-order valence-corrected chi connectivity index (χ0v) is 14.2. The topological polar surface area (TPSA) is 87.2 Å². The second-order valence-electron chi connectivity index (χ2n) is 4.97. The van der Waals surface area contributed by atoms with Crippen molar-refractivity contribution in [3.8, 4) is 6.07 Å². The molecular weight excluding hydrogens is 361 g/mol. The predicted molar refractivity (Wildman–Crippen MR) is 82.3 cm³/mol. The van der Waals surface area contributed by atoms with Gasteiger partial charge < -0.3 is 5.73 Å². The van der Waals surface area contributed by atoms with E-state index in [2.05, 4.69) is 15.9 Å². The molecular formula is C13H17BrFN3O2S. The molecule has 1 aromatic rings. The smallest absolute Gasteiger partial charge is 0.245 e. The quantitative estimate of drug-likeness (QED) is 0.771. The van der Waals surface area contributed by atoms with E-state index in [4.69, 9.17) is 11.0 Å². The van der Waals surface area contributed by atoms with Crippen LogP contribution in [0.1, 0.15) is 20.3 Å². The zero-order valence-electron chi connectivity index (χ0n) is 11.8. The molecule has 8 heteroatoms. The van der Waals surface area contributed by atoms with E-state index in [0.29, 0.717) is 0 Å². The second-order valence-corrected chi connectivity index (χ2v) is 7.73. The van der Waals surface area contributed by atoms with E-state index >= 15 is 0 Å². The predicted octanol–water partition coefficient (Wildman–Crippen LogP) is 2.73. The first-order valence-electron chi connectivity index (χ1n) is 6.31. The van der Waals surface area contributed by atoms with Gasteiger partial charge in [-0.1, -0.05) is 13.8 Å². The van der Waals surface area contributed by atoms with Crippen molar-refractivity contribution in [1.82, 2.24) is 4.31 Å². The van der Waals surface area contributed by atoms with Crippen LogP contribution >= 0.6 is 15.9 Å². The highest BCUT2D eigenvalue weighted by Crippen LogP contribution is 2.29. The first-order chi connectivity index (χ1) is 9.70. The summed E-state index contributed by atoms with van der Waals surface area (Å²) in [5.41, 5.74) is 5.49. The van der Waals surface area contributed by atoms with Gasteiger partial charge in [-0.25, -0.2) is 12.8 Å². The van der Waals surface area contributed by atoms with E-state index in [-0.39, 0.29) is 40.5 Å². The lowest BCUT2D eigenvalue weighted by Crippen LogP contribution is -2.35. The number of hydrogen-bond acceptors (Lipinski definition) is 4. The van der Waals surface area contributed by atoms with E-state index in [9.17, 15) is 12.8 Å². The Hall–Kier alpha value is -1.17. The van der Waals surface area contributed by atoms with Crippen LogP contribution in [-0.4, -0.2) is 25.8 Å². The summed E-state index contributed by atoms with van der Waals surface area (Å²) in [5.74, 6) is -0.539. The fourth-order valence-corrected chi connectivity index (χ4v) is 4.02. The summed E-state index contributed by atoms with van der Waals surface area (Å²) in [4.78, 5) is -0.158. The van der Waals surface area contributed by atoms with E-state index in [0.717, 1.165) is 12.1 Å². The van der Waals surface area contributed by atoms with Crippen molar-refractivity contribution in [2.45, 2.75) is 25.2 Å². The van der Waals surface area contributed by atoms with Crippen LogP contribution in [0.15, 0.2) is 21.5 Å². The lowest BCUT2D eigenvalue weighted by molar-refractivity contribution is 0.373. The summed E-state index contributed by atoms with van der Waals surface area (Å²) >= 11 is 2.96. The normalized spacial score (nSPS) is 11.9. The molecule has 0 saturated heterocycles. The second kappa shape index (κ2) is 7.20. The summed E-state index contributed by atoms with van der Waals surface area (Å²) in [6, 6.07) is 4.04. The lowest BCUT2D eigenvalue weighted by atomic mass is 10.2. The van der Waals surface area contributed by atoms with Crippen LogP contribution in [0.3, 0.4) is 0 Å². The Kier molecular flexibility index (Phi) is 6.13. The van der Waals surface area contributed by atoms with Crippen LogP contribution in [-0.2, 0) is 10.0 Å². The largest absolute Gasteiger partial charge is 0.398 e. The molecule has 21 heavy (non-hydrogen) atoms. The maximum Gasteiger partial charge on any atom is 0.245 e. The third-order valence-electron chi connectivity index (χ3n) is 2.71. The summed E-state index contributed by atoms with van der Waals surface area (Å²) in [6.45, 7) is 4.08. The molecule has 0 atom stereocenters. The molecule has 0 unspecified atom stereocenters. The maximum atomic E-state index is 13.4. The van der Waals surface area contributed by atoms with Crippen LogP contribution in [0.2, 0.25) is 0 Å². The van der Waals surface area contributed by atoms with E-state index in [1.165, 1.54) is 4.31 Å². The van der Waals surface area contributed by atoms with Crippen molar-refractivity contribution in [1.29, 1.82) is 5.26 Å². The van der Waals surface area contributed by atoms with Crippen LogP contribution in [0.5, 0.6) is 0 Å². The molecule has 1 rings (SSSR count). The van der Waals surface area contributed by atoms with Gasteiger partial charge in [0.15, 0.2) is 0 Å². The molecule has 0 aliphatic heterocycles. The fourth-order valence-electron chi connectivity index (χ4n) is 1.80. The number of nitrogens with zero attached hydrogens (tertiary/aromatic N) is 2. The average Bonchev–Trinajstić information content (AvgIpc) is 2.38. The molecule has 0 bridgehead atoms. The molecule has 0 radical (unpaired) electrons. The molecule has 0 spiro atoms. The van der Waals surface area contributed by atoms with Gasteiger partial charge in [0.05, 0.1) is 16.2 Å². The van der Waals surface area contributed by atoms with E-state index in [1.807, 2.05) is 19.9 Å². The van der Waals surface area contributed by atoms with E-state index in [1.54, 1.807) is 0 Å². The SMILES string of the molecule is CC(C)CN(CCC#N)S(=O)(=O)c1cc(Br)c(F)cc1N. The Labute approximate surface area is 132 Å². The van der Waals surface area contributed by atoms with Gasteiger partial charge in [0.1, 0.15) is 10.7 Å². The summed E-state index contributed by atoms with van der Waals surface area (Å²) in [6.07, 6.45) is 0.0776. The molecule has 5 nitrogen and oxygen atoms in total. The fraction of sp³-hybridized carbons (Fsp3) is 0.462. The molecule has 0 fully saturated rings. The number of rotatable bonds is 6. The molecule has 0 heterocycles. The Balaban J connectivity index is 3.28. The molecule has 1 aromatic carbocycles. The van der Waals surface area contributed by atoms with Gasteiger partial charge >= 0.3 is 0 Å². The Morgan fingerprint density at radius 1 is 1.48 bits per heavy atom. The van der Waals surface area contributed by atoms with Crippen molar-refractivity contribution in [3.63, 3.8) is 0 Å². The Morgan fingerprint density at radius 3 is 2.62 bits per heavy atom. The summed E-state index contributed by atoms with van der Waals surface area (Å²) in [5, 5.41) is 8.67. The molecule has 0 amide bonds. The number of anilines is 1. The number of benzene rings is 1. The molecule has 0 aromatic heterocycles. The van der Waals surface area contributed by atoms with Gasteiger partial charge in [-0.15, -0.1) is 0 Å². The Bertz CT molecular complexity index is 656. The number of nitriles is 1. The minimum atomic E-state index is -3.88. The van der Waals surface area contributed by atoms with Gasteiger partial charge in [-0.3, -0.25) is 0 Å². The monoisotopic (exact) mass is 377 g/mol. The summed E-state index contributed by atoms with van der Waals surface area (Å²) in [7, 11) is -3.88. The van der Waals surface area contributed by atoms with Crippen LogP contribution in [0.4, 0.5) is 10.1 Å². The van der Waals surface area contributed by atoms with Crippen molar-refractivity contribution in [2.24, 2.45) is 5.92 Å². The molecule has 116 valence electrons. The molecule has 0 aliphatic rings. The third-order valence-corrected chi connectivity index (χ3v) is 5.24. The van der Waals surface area contributed by atoms with Crippen molar-refractivity contribution >= 4 is 31.6 Å². The zero-order chi connectivity index (χ0) is 16.2. The van der Waals surface area contributed by atoms with Crippen LogP contribution in [0, 0.1) is 23.1 Å². The molecule has 0 saturated carbocycles. The van der Waals surface area contributed by atoms with Gasteiger partial charge in [-0.05, 0) is 34.0 Å². The number of nitrogens with two attached hydrogens (primary N) is 1. The highest BCUT2D eigenvalue weighted by Gasteiger charge is 2.27. The third kappa shape index (κ3) is 4.40. The minimum absolute atomic E-state index is 0.0278. The van der Waals surface area contributed by atoms with Crippen molar-refractivity contribution in [2.75, 3.05) is 18.8 Å². The number of hydrogen-bond donors (Lipinski definition) is 1. The first kappa shape index (κ1) is 17.9. The Morgan fingerprint density at radius 2 is 2.10 bits per heavy atom. The maximum absolute atomic E-state index is 13.4. The lowest BCUT2D eigenvalue weighted by Gasteiger charge is -2.24.